The predicted octanol–water partition coefficient (Wildman–Crippen LogP) is 1.00. The number of aliphatic hydroxyl groups is 2. The van der Waals surface area contributed by atoms with Crippen molar-refractivity contribution in [2.24, 2.45) is 5.73 Å². The first-order valence-electron chi connectivity index (χ1n) is 6.76. The maximum absolute atomic E-state index is 11.0. The van der Waals surface area contributed by atoms with Gasteiger partial charge in [0.1, 0.15) is 5.60 Å². The fourth-order valence-corrected chi connectivity index (χ4v) is 0.998. The molecule has 0 saturated carbocycles. The van der Waals surface area contributed by atoms with Gasteiger partial charge in [0.2, 0.25) is 0 Å². The van der Waals surface area contributed by atoms with E-state index in [9.17, 15) is 4.79 Å². The Balaban J connectivity index is 0. The Morgan fingerprint density at radius 1 is 1.11 bits per heavy atom. The van der Waals surface area contributed by atoms with Gasteiger partial charge in [-0.1, -0.05) is 0 Å². The molecule has 6 nitrogen and oxygen atoms in total. The Kier molecular flexibility index (Phi) is 14.6. The van der Waals surface area contributed by atoms with Crippen LogP contribution in [-0.2, 0) is 4.74 Å². The molecule has 0 aromatic rings. The molecule has 19 heavy (non-hydrogen) atoms. The first kappa shape index (κ1) is 20.5. The van der Waals surface area contributed by atoms with Crippen LogP contribution in [0.2, 0.25) is 0 Å². The third-order valence-corrected chi connectivity index (χ3v) is 1.87. The van der Waals surface area contributed by atoms with Gasteiger partial charge in [-0.05, 0) is 53.0 Å². The lowest BCUT2D eigenvalue weighted by atomic mass is 10.2. The van der Waals surface area contributed by atoms with Crippen molar-refractivity contribution in [1.29, 1.82) is 0 Å². The minimum Gasteiger partial charge on any atom is -0.444 e. The van der Waals surface area contributed by atoms with E-state index in [1.54, 1.807) is 0 Å². The normalized spacial score (nSPS) is 10.4. The van der Waals surface area contributed by atoms with Gasteiger partial charge in [-0.2, -0.15) is 0 Å². The molecule has 0 heterocycles. The summed E-state index contributed by atoms with van der Waals surface area (Å²) >= 11 is 0. The Morgan fingerprint density at radius 3 is 2.00 bits per heavy atom. The van der Waals surface area contributed by atoms with Crippen LogP contribution >= 0.6 is 0 Å². The first-order valence-corrected chi connectivity index (χ1v) is 6.76. The molecule has 1 amide bonds. The number of hydrogen-bond acceptors (Lipinski definition) is 5. The van der Waals surface area contributed by atoms with Crippen LogP contribution in [0.25, 0.3) is 0 Å². The lowest BCUT2D eigenvalue weighted by Crippen LogP contribution is -2.33. The molecule has 0 atom stereocenters. The molecular formula is C13H30N2O4. The average Bonchev–Trinajstić information content (AvgIpc) is 2.31. The van der Waals surface area contributed by atoms with Crippen molar-refractivity contribution in [2.45, 2.75) is 52.1 Å². The summed E-state index contributed by atoms with van der Waals surface area (Å²) in [6.07, 6.45) is 2.86. The van der Waals surface area contributed by atoms with Crippen molar-refractivity contribution < 1.29 is 19.7 Å². The second-order valence-corrected chi connectivity index (χ2v) is 5.08. The highest BCUT2D eigenvalue weighted by atomic mass is 16.6. The maximum atomic E-state index is 11.0. The van der Waals surface area contributed by atoms with E-state index in [1.807, 2.05) is 20.8 Å². The van der Waals surface area contributed by atoms with Crippen LogP contribution in [0, 0.1) is 0 Å². The molecule has 0 unspecified atom stereocenters. The van der Waals surface area contributed by atoms with Gasteiger partial charge >= 0.3 is 6.09 Å². The largest absolute Gasteiger partial charge is 0.444 e. The monoisotopic (exact) mass is 278 g/mol. The predicted molar refractivity (Wildman–Crippen MR) is 75.9 cm³/mol. The van der Waals surface area contributed by atoms with E-state index in [4.69, 9.17) is 20.7 Å². The zero-order valence-electron chi connectivity index (χ0n) is 12.4. The Morgan fingerprint density at radius 2 is 1.63 bits per heavy atom. The van der Waals surface area contributed by atoms with Gasteiger partial charge in [0, 0.05) is 19.8 Å². The number of alkyl carbamates (subject to hydrolysis) is 1. The molecule has 6 heteroatoms. The van der Waals surface area contributed by atoms with Crippen LogP contribution in [-0.4, -0.2) is 48.2 Å². The fraction of sp³-hybridized carbons (Fsp3) is 0.923. The SMILES string of the molecule is CC(C)(C)OC(=O)NCCCCO.NCCCCO. The van der Waals surface area contributed by atoms with Gasteiger partial charge in [-0.3, -0.25) is 0 Å². The number of carbonyl (C=O) groups excluding carboxylic acids is 1. The van der Waals surface area contributed by atoms with E-state index in [2.05, 4.69) is 5.32 Å². The quantitative estimate of drug-likeness (QED) is 0.520. The molecule has 0 aliphatic heterocycles. The smallest absolute Gasteiger partial charge is 0.407 e. The van der Waals surface area contributed by atoms with E-state index in [0.29, 0.717) is 19.5 Å². The number of hydrogen-bond donors (Lipinski definition) is 4. The summed E-state index contributed by atoms with van der Waals surface area (Å²) in [5.41, 5.74) is 4.66. The van der Waals surface area contributed by atoms with Gasteiger partial charge in [0.05, 0.1) is 0 Å². The molecule has 0 saturated heterocycles. The number of nitrogens with two attached hydrogens (primary N) is 1. The lowest BCUT2D eigenvalue weighted by Gasteiger charge is -2.19. The minimum absolute atomic E-state index is 0.163. The number of ether oxygens (including phenoxy) is 1. The van der Waals surface area contributed by atoms with E-state index in [1.165, 1.54) is 0 Å². The summed E-state index contributed by atoms with van der Waals surface area (Å²) in [6, 6.07) is 0. The third kappa shape index (κ3) is 22.8. The molecule has 0 fully saturated rings. The summed E-state index contributed by atoms with van der Waals surface area (Å²) in [6.45, 7) is 7.14. The van der Waals surface area contributed by atoms with Gasteiger partial charge in [-0.25, -0.2) is 4.79 Å². The number of nitrogens with one attached hydrogen (secondary N) is 1. The second kappa shape index (κ2) is 13.6. The van der Waals surface area contributed by atoms with Crippen LogP contribution in [0.3, 0.4) is 0 Å². The van der Waals surface area contributed by atoms with E-state index in [-0.39, 0.29) is 13.2 Å². The highest BCUT2D eigenvalue weighted by Crippen LogP contribution is 2.06. The van der Waals surface area contributed by atoms with Crippen LogP contribution < -0.4 is 11.1 Å². The average molecular weight is 278 g/mol. The summed E-state index contributed by atoms with van der Waals surface area (Å²) < 4.78 is 5.01. The van der Waals surface area contributed by atoms with Crippen molar-refractivity contribution in [3.05, 3.63) is 0 Å². The highest BCUT2D eigenvalue weighted by molar-refractivity contribution is 5.67. The summed E-state index contributed by atoms with van der Waals surface area (Å²) in [5, 5.41) is 19.2. The van der Waals surface area contributed by atoms with Crippen molar-refractivity contribution >= 4 is 6.09 Å². The van der Waals surface area contributed by atoms with Crippen LogP contribution in [0.5, 0.6) is 0 Å². The molecule has 0 rings (SSSR count). The van der Waals surface area contributed by atoms with E-state index >= 15 is 0 Å². The molecule has 0 spiro atoms. The Hall–Kier alpha value is -0.850. The van der Waals surface area contributed by atoms with Gasteiger partial charge in [-0.15, -0.1) is 0 Å². The van der Waals surface area contributed by atoms with Crippen molar-refractivity contribution in [3.63, 3.8) is 0 Å². The standard InChI is InChI=1S/C9H19NO3.C4H11NO/c1-9(2,3)13-8(12)10-6-4-5-7-11;5-3-1-2-4-6/h11H,4-7H2,1-3H3,(H,10,12);6H,1-5H2. The van der Waals surface area contributed by atoms with Crippen LogP contribution in [0.4, 0.5) is 4.79 Å². The van der Waals surface area contributed by atoms with Gasteiger partial charge in [0.15, 0.2) is 0 Å². The molecule has 5 N–H and O–H groups in total. The summed E-state index contributed by atoms with van der Waals surface area (Å²) in [7, 11) is 0. The molecular weight excluding hydrogens is 248 g/mol. The second-order valence-electron chi connectivity index (χ2n) is 5.08. The first-order chi connectivity index (χ1) is 8.87. The Bertz CT molecular complexity index is 201. The third-order valence-electron chi connectivity index (χ3n) is 1.87. The van der Waals surface area contributed by atoms with Crippen molar-refractivity contribution in [1.82, 2.24) is 5.32 Å². The molecule has 0 aromatic heterocycles. The molecule has 0 aliphatic carbocycles. The van der Waals surface area contributed by atoms with Crippen LogP contribution in [0.15, 0.2) is 0 Å². The van der Waals surface area contributed by atoms with Crippen molar-refractivity contribution in [3.8, 4) is 0 Å². The molecule has 0 aromatic carbocycles. The lowest BCUT2D eigenvalue weighted by molar-refractivity contribution is 0.0526. The maximum Gasteiger partial charge on any atom is 0.407 e. The number of carbonyl (C=O) groups is 1. The van der Waals surface area contributed by atoms with Crippen molar-refractivity contribution in [2.75, 3.05) is 26.3 Å². The van der Waals surface area contributed by atoms with Crippen LogP contribution in [0.1, 0.15) is 46.5 Å². The molecule has 116 valence electrons. The topological polar surface area (TPSA) is 105 Å². The number of aliphatic hydroxyl groups excluding tert-OH is 2. The fourth-order valence-electron chi connectivity index (χ4n) is 0.998. The summed E-state index contributed by atoms with van der Waals surface area (Å²) in [4.78, 5) is 11.0. The number of amides is 1. The number of unbranched alkanes of at least 4 members (excludes halogenated alkanes) is 2. The van der Waals surface area contributed by atoms with Gasteiger partial charge in [0.25, 0.3) is 0 Å². The zero-order chi connectivity index (χ0) is 15.1. The van der Waals surface area contributed by atoms with Gasteiger partial charge < -0.3 is 26.0 Å². The molecule has 0 radical (unpaired) electrons. The highest BCUT2D eigenvalue weighted by Gasteiger charge is 2.15. The molecule has 0 bridgehead atoms. The number of rotatable bonds is 7. The molecule has 0 aliphatic rings. The zero-order valence-corrected chi connectivity index (χ0v) is 12.4. The van der Waals surface area contributed by atoms with E-state index < -0.39 is 11.7 Å². The minimum atomic E-state index is -0.443. The summed E-state index contributed by atoms with van der Waals surface area (Å²) in [5.74, 6) is 0. The Labute approximate surface area is 116 Å². The van der Waals surface area contributed by atoms with E-state index in [0.717, 1.165) is 19.3 Å².